The van der Waals surface area contributed by atoms with Gasteiger partial charge in [0.2, 0.25) is 0 Å². The smallest absolute Gasteiger partial charge is 0.340 e. The van der Waals surface area contributed by atoms with Gasteiger partial charge in [-0.25, -0.2) is 8.78 Å². The number of rotatable bonds is 6. The third kappa shape index (κ3) is 4.47. The second-order valence-corrected chi connectivity index (χ2v) is 5.17. The minimum atomic E-state index is -4.27. The molecule has 0 heterocycles. The number of benzene rings is 2. The Bertz CT molecular complexity index is 719. The number of aryl methyl sites for hydroxylation is 1. The van der Waals surface area contributed by atoms with Crippen LogP contribution in [0.3, 0.4) is 0 Å². The predicted octanol–water partition coefficient (Wildman–Crippen LogP) is 4.53. The molecule has 0 bridgehead atoms. The number of amides is 1. The lowest BCUT2D eigenvalue weighted by Gasteiger charge is -2.18. The fourth-order valence-electron chi connectivity index (χ4n) is 1.91. The summed E-state index contributed by atoms with van der Waals surface area (Å²) < 4.78 is 55.1. The molecular formula is C17H15F4NO2. The van der Waals surface area contributed by atoms with E-state index in [9.17, 15) is 22.4 Å². The Labute approximate surface area is 136 Å². The third-order valence-electron chi connectivity index (χ3n) is 3.15. The number of para-hydroxylation sites is 2. The SMILES string of the molecule is Cc1cccc(C(=O)Nc2ccccc2OCC(F)(F)C(F)F)c1. The Morgan fingerprint density at radius 2 is 1.88 bits per heavy atom. The van der Waals surface area contributed by atoms with Gasteiger partial charge in [-0.1, -0.05) is 29.8 Å². The van der Waals surface area contributed by atoms with E-state index in [2.05, 4.69) is 5.32 Å². The van der Waals surface area contributed by atoms with Crippen molar-refractivity contribution in [2.24, 2.45) is 0 Å². The molecule has 0 aliphatic heterocycles. The molecule has 128 valence electrons. The first kappa shape index (κ1) is 17.8. The first-order valence-electron chi connectivity index (χ1n) is 7.05. The van der Waals surface area contributed by atoms with E-state index < -0.39 is 24.9 Å². The highest BCUT2D eigenvalue weighted by Crippen LogP contribution is 2.28. The highest BCUT2D eigenvalue weighted by atomic mass is 19.3. The van der Waals surface area contributed by atoms with Crippen LogP contribution in [0.5, 0.6) is 5.75 Å². The van der Waals surface area contributed by atoms with Crippen LogP contribution in [0, 0.1) is 6.92 Å². The Kier molecular flexibility index (Phi) is 5.43. The van der Waals surface area contributed by atoms with E-state index in [1.165, 1.54) is 18.2 Å². The molecule has 0 unspecified atom stereocenters. The monoisotopic (exact) mass is 341 g/mol. The third-order valence-corrected chi connectivity index (χ3v) is 3.15. The molecule has 1 amide bonds. The van der Waals surface area contributed by atoms with Crippen molar-refractivity contribution >= 4 is 11.6 Å². The lowest BCUT2D eigenvalue weighted by atomic mass is 10.1. The fraction of sp³-hybridized carbons (Fsp3) is 0.235. The molecule has 2 aromatic carbocycles. The zero-order valence-corrected chi connectivity index (χ0v) is 12.7. The number of alkyl halides is 4. The van der Waals surface area contributed by atoms with E-state index in [-0.39, 0.29) is 11.4 Å². The molecule has 2 rings (SSSR count). The summed E-state index contributed by atoms with van der Waals surface area (Å²) in [5.74, 6) is -4.84. The van der Waals surface area contributed by atoms with Gasteiger partial charge in [0, 0.05) is 5.56 Å². The topological polar surface area (TPSA) is 38.3 Å². The van der Waals surface area contributed by atoms with Crippen LogP contribution in [-0.2, 0) is 0 Å². The van der Waals surface area contributed by atoms with Gasteiger partial charge in [-0.15, -0.1) is 0 Å². The number of halogens is 4. The molecule has 0 aliphatic rings. The Balaban J connectivity index is 2.13. The maximum absolute atomic E-state index is 13.0. The van der Waals surface area contributed by atoms with E-state index in [1.807, 2.05) is 13.0 Å². The molecular weight excluding hydrogens is 326 g/mol. The molecule has 0 radical (unpaired) electrons. The van der Waals surface area contributed by atoms with Gasteiger partial charge in [-0.3, -0.25) is 4.79 Å². The molecule has 0 fully saturated rings. The Hall–Kier alpha value is -2.57. The molecule has 2 aromatic rings. The van der Waals surface area contributed by atoms with E-state index >= 15 is 0 Å². The maximum atomic E-state index is 13.0. The zero-order chi connectivity index (χ0) is 17.7. The van der Waals surface area contributed by atoms with Crippen molar-refractivity contribution in [2.75, 3.05) is 11.9 Å². The Morgan fingerprint density at radius 1 is 1.17 bits per heavy atom. The molecule has 24 heavy (non-hydrogen) atoms. The standard InChI is InChI=1S/C17H15F4NO2/c1-11-5-4-6-12(9-11)15(23)22-13-7-2-3-8-14(13)24-10-17(20,21)16(18)19/h2-9,16H,10H2,1H3,(H,22,23). The van der Waals surface area contributed by atoms with Gasteiger partial charge < -0.3 is 10.1 Å². The van der Waals surface area contributed by atoms with Gasteiger partial charge in [-0.2, -0.15) is 8.78 Å². The van der Waals surface area contributed by atoms with Crippen LogP contribution in [0.15, 0.2) is 48.5 Å². The zero-order valence-electron chi connectivity index (χ0n) is 12.7. The molecule has 0 saturated heterocycles. The second kappa shape index (κ2) is 7.33. The quantitative estimate of drug-likeness (QED) is 0.784. The summed E-state index contributed by atoms with van der Waals surface area (Å²) >= 11 is 0. The summed E-state index contributed by atoms with van der Waals surface area (Å²) in [5, 5.41) is 2.52. The summed E-state index contributed by atoms with van der Waals surface area (Å²) in [4.78, 5) is 12.2. The van der Waals surface area contributed by atoms with Gasteiger partial charge in [0.1, 0.15) is 5.75 Å². The van der Waals surface area contributed by atoms with Crippen molar-refractivity contribution in [3.8, 4) is 5.75 Å². The molecule has 0 atom stereocenters. The van der Waals surface area contributed by atoms with Crippen molar-refractivity contribution in [3.05, 3.63) is 59.7 Å². The largest absolute Gasteiger partial charge is 0.485 e. The van der Waals surface area contributed by atoms with Crippen molar-refractivity contribution in [1.29, 1.82) is 0 Å². The fourth-order valence-corrected chi connectivity index (χ4v) is 1.91. The van der Waals surface area contributed by atoms with Crippen LogP contribution in [0.25, 0.3) is 0 Å². The molecule has 0 aromatic heterocycles. The van der Waals surface area contributed by atoms with Crippen molar-refractivity contribution in [2.45, 2.75) is 19.3 Å². The highest BCUT2D eigenvalue weighted by Gasteiger charge is 2.41. The normalized spacial score (nSPS) is 11.4. The molecule has 3 nitrogen and oxygen atoms in total. The highest BCUT2D eigenvalue weighted by molar-refractivity contribution is 6.05. The summed E-state index contributed by atoms with van der Waals surface area (Å²) in [5.41, 5.74) is 1.38. The van der Waals surface area contributed by atoms with Gasteiger partial charge >= 0.3 is 12.3 Å². The van der Waals surface area contributed by atoms with Gasteiger partial charge in [0.05, 0.1) is 5.69 Å². The summed E-state index contributed by atoms with van der Waals surface area (Å²) in [6.45, 7) is 0.336. The first-order valence-corrected chi connectivity index (χ1v) is 7.05. The summed E-state index contributed by atoms with van der Waals surface area (Å²) in [7, 11) is 0. The molecule has 0 saturated carbocycles. The minimum Gasteiger partial charge on any atom is -0.485 e. The van der Waals surface area contributed by atoms with Crippen LogP contribution < -0.4 is 10.1 Å². The van der Waals surface area contributed by atoms with Crippen LogP contribution in [-0.4, -0.2) is 24.9 Å². The number of carbonyl (C=O) groups excluding carboxylic acids is 1. The second-order valence-electron chi connectivity index (χ2n) is 5.17. The van der Waals surface area contributed by atoms with Crippen LogP contribution in [0.1, 0.15) is 15.9 Å². The minimum absolute atomic E-state index is 0.112. The van der Waals surface area contributed by atoms with Gasteiger partial charge in [-0.05, 0) is 31.2 Å². The predicted molar refractivity (Wildman–Crippen MR) is 82.0 cm³/mol. The number of hydrogen-bond donors (Lipinski definition) is 1. The lowest BCUT2D eigenvalue weighted by Crippen LogP contribution is -2.33. The van der Waals surface area contributed by atoms with Crippen LogP contribution >= 0.6 is 0 Å². The van der Waals surface area contributed by atoms with Crippen LogP contribution in [0.2, 0.25) is 0 Å². The van der Waals surface area contributed by atoms with Gasteiger partial charge in [0.15, 0.2) is 6.61 Å². The maximum Gasteiger partial charge on any atom is 0.340 e. The Morgan fingerprint density at radius 3 is 2.54 bits per heavy atom. The average molecular weight is 341 g/mol. The average Bonchev–Trinajstić information content (AvgIpc) is 2.54. The number of anilines is 1. The number of nitrogens with one attached hydrogen (secondary N) is 1. The van der Waals surface area contributed by atoms with Crippen LogP contribution in [0.4, 0.5) is 23.2 Å². The van der Waals surface area contributed by atoms with Crippen molar-refractivity contribution in [1.82, 2.24) is 0 Å². The molecule has 7 heteroatoms. The first-order chi connectivity index (χ1) is 11.3. The summed E-state index contributed by atoms with van der Waals surface area (Å²) in [6, 6.07) is 12.6. The van der Waals surface area contributed by atoms with E-state index in [1.54, 1.807) is 24.3 Å². The van der Waals surface area contributed by atoms with E-state index in [4.69, 9.17) is 4.74 Å². The van der Waals surface area contributed by atoms with E-state index in [0.717, 1.165) is 5.56 Å². The molecule has 1 N–H and O–H groups in total. The number of carbonyl (C=O) groups is 1. The summed E-state index contributed by atoms with van der Waals surface area (Å²) in [6.07, 6.45) is -3.83. The molecule has 0 aliphatic carbocycles. The van der Waals surface area contributed by atoms with Crippen molar-refractivity contribution < 1.29 is 27.1 Å². The number of ether oxygens (including phenoxy) is 1. The van der Waals surface area contributed by atoms with E-state index in [0.29, 0.717) is 5.56 Å². The molecule has 0 spiro atoms. The van der Waals surface area contributed by atoms with Gasteiger partial charge in [0.25, 0.3) is 5.91 Å². The number of hydrogen-bond acceptors (Lipinski definition) is 2. The van der Waals surface area contributed by atoms with Crippen molar-refractivity contribution in [3.63, 3.8) is 0 Å². The lowest BCUT2D eigenvalue weighted by molar-refractivity contribution is -0.148.